The van der Waals surface area contributed by atoms with Gasteiger partial charge in [0.25, 0.3) is 0 Å². The lowest BCUT2D eigenvalue weighted by Crippen LogP contribution is -2.17. The predicted octanol–water partition coefficient (Wildman–Crippen LogP) is 3.35. The van der Waals surface area contributed by atoms with Gasteiger partial charge in [-0.1, -0.05) is 26.2 Å². The third-order valence-electron chi connectivity index (χ3n) is 3.37. The fraction of sp³-hybridized carbons (Fsp3) is 0.714. The van der Waals surface area contributed by atoms with Gasteiger partial charge in [0.15, 0.2) is 0 Å². The fourth-order valence-electron chi connectivity index (χ4n) is 2.38. The molecule has 0 amide bonds. The third-order valence-corrected chi connectivity index (χ3v) is 3.37. The van der Waals surface area contributed by atoms with Gasteiger partial charge in [-0.05, 0) is 26.2 Å². The first-order valence-corrected chi connectivity index (χ1v) is 7.14. The van der Waals surface area contributed by atoms with Crippen LogP contribution in [0.5, 0.6) is 0 Å². The molecule has 4 heteroatoms. The summed E-state index contributed by atoms with van der Waals surface area (Å²) in [5.41, 5.74) is 1.02. The van der Waals surface area contributed by atoms with Gasteiger partial charge in [-0.25, -0.2) is 4.98 Å². The van der Waals surface area contributed by atoms with Gasteiger partial charge in [0.2, 0.25) is 5.95 Å². The van der Waals surface area contributed by atoms with Crippen LogP contribution in [-0.2, 0) is 0 Å². The molecule has 1 fully saturated rings. The molecule has 4 nitrogen and oxygen atoms in total. The Morgan fingerprint density at radius 3 is 2.78 bits per heavy atom. The maximum atomic E-state index is 4.54. The van der Waals surface area contributed by atoms with E-state index in [1.54, 1.807) is 0 Å². The molecular weight excluding hydrogens is 224 g/mol. The molecule has 1 aromatic rings. The molecular formula is C14H24N4. The van der Waals surface area contributed by atoms with Crippen molar-refractivity contribution in [1.82, 2.24) is 9.97 Å². The van der Waals surface area contributed by atoms with E-state index in [1.807, 2.05) is 13.0 Å². The summed E-state index contributed by atoms with van der Waals surface area (Å²) in [6.45, 7) is 5.15. The highest BCUT2D eigenvalue weighted by Crippen LogP contribution is 2.22. The summed E-state index contributed by atoms with van der Waals surface area (Å²) in [5.74, 6) is 1.72. The zero-order valence-corrected chi connectivity index (χ0v) is 11.5. The van der Waals surface area contributed by atoms with Crippen LogP contribution >= 0.6 is 0 Å². The number of unbranched alkanes of at least 4 members (excludes halogenated alkanes) is 1. The number of nitrogens with zero attached hydrogens (tertiary/aromatic N) is 2. The van der Waals surface area contributed by atoms with E-state index in [9.17, 15) is 0 Å². The van der Waals surface area contributed by atoms with Crippen molar-refractivity contribution in [3.63, 3.8) is 0 Å². The van der Waals surface area contributed by atoms with E-state index in [0.717, 1.165) is 30.4 Å². The number of anilines is 2. The van der Waals surface area contributed by atoms with Crippen molar-refractivity contribution in [2.24, 2.45) is 0 Å². The quantitative estimate of drug-likeness (QED) is 0.758. The van der Waals surface area contributed by atoms with Gasteiger partial charge < -0.3 is 10.6 Å². The van der Waals surface area contributed by atoms with Crippen LogP contribution in [0, 0.1) is 6.92 Å². The minimum atomic E-state index is 0.600. The normalized spacial score (nSPS) is 15.9. The molecule has 1 heterocycles. The van der Waals surface area contributed by atoms with Gasteiger partial charge in [-0.3, -0.25) is 0 Å². The van der Waals surface area contributed by atoms with Crippen LogP contribution in [0.3, 0.4) is 0 Å². The van der Waals surface area contributed by atoms with Crippen LogP contribution in [0.25, 0.3) is 0 Å². The van der Waals surface area contributed by atoms with E-state index in [2.05, 4.69) is 27.5 Å². The van der Waals surface area contributed by atoms with Gasteiger partial charge in [-0.15, -0.1) is 0 Å². The Morgan fingerprint density at radius 1 is 1.28 bits per heavy atom. The summed E-state index contributed by atoms with van der Waals surface area (Å²) in [6.07, 6.45) is 7.55. The summed E-state index contributed by atoms with van der Waals surface area (Å²) in [5, 5.41) is 6.81. The zero-order valence-electron chi connectivity index (χ0n) is 11.5. The molecule has 18 heavy (non-hydrogen) atoms. The molecule has 2 rings (SSSR count). The van der Waals surface area contributed by atoms with Crippen LogP contribution in [0.4, 0.5) is 11.8 Å². The summed E-state index contributed by atoms with van der Waals surface area (Å²) in [6, 6.07) is 2.63. The third kappa shape index (κ3) is 3.86. The predicted molar refractivity (Wildman–Crippen MR) is 76.0 cm³/mol. The number of hydrogen-bond donors (Lipinski definition) is 2. The molecule has 1 aromatic heterocycles. The SMILES string of the molecule is CCCCNc1nc(C)cc(NC2CCCC2)n1. The first kappa shape index (κ1) is 13.1. The minimum Gasteiger partial charge on any atom is -0.367 e. The summed E-state index contributed by atoms with van der Waals surface area (Å²) in [4.78, 5) is 8.95. The largest absolute Gasteiger partial charge is 0.367 e. The molecule has 0 aromatic carbocycles. The Labute approximate surface area is 110 Å². The van der Waals surface area contributed by atoms with Crippen molar-refractivity contribution < 1.29 is 0 Å². The fourth-order valence-corrected chi connectivity index (χ4v) is 2.38. The number of hydrogen-bond acceptors (Lipinski definition) is 4. The molecule has 1 aliphatic carbocycles. The maximum absolute atomic E-state index is 4.54. The molecule has 2 N–H and O–H groups in total. The van der Waals surface area contributed by atoms with Crippen molar-refractivity contribution in [3.8, 4) is 0 Å². The molecule has 0 aliphatic heterocycles. The lowest BCUT2D eigenvalue weighted by molar-refractivity contribution is 0.749. The van der Waals surface area contributed by atoms with E-state index in [4.69, 9.17) is 0 Å². The number of aryl methyl sites for hydroxylation is 1. The lowest BCUT2D eigenvalue weighted by Gasteiger charge is -2.14. The van der Waals surface area contributed by atoms with Crippen LogP contribution in [-0.4, -0.2) is 22.6 Å². The standard InChI is InChI=1S/C14H24N4/c1-3-4-9-15-14-16-11(2)10-13(18-14)17-12-7-5-6-8-12/h10,12H,3-9H2,1-2H3,(H2,15,16,17,18). The average molecular weight is 248 g/mol. The summed E-state index contributed by atoms with van der Waals surface area (Å²) in [7, 11) is 0. The molecule has 0 spiro atoms. The second-order valence-corrected chi connectivity index (χ2v) is 5.12. The molecule has 1 aliphatic rings. The monoisotopic (exact) mass is 248 g/mol. The summed E-state index contributed by atoms with van der Waals surface area (Å²) >= 11 is 0. The number of aromatic nitrogens is 2. The second-order valence-electron chi connectivity index (χ2n) is 5.12. The molecule has 0 unspecified atom stereocenters. The van der Waals surface area contributed by atoms with Gasteiger partial charge in [-0.2, -0.15) is 4.98 Å². The summed E-state index contributed by atoms with van der Waals surface area (Å²) < 4.78 is 0. The Bertz CT molecular complexity index is 372. The van der Waals surface area contributed by atoms with Crippen LogP contribution in [0.2, 0.25) is 0 Å². The Kier molecular flexibility index (Phi) is 4.79. The first-order chi connectivity index (χ1) is 8.78. The van der Waals surface area contributed by atoms with Gasteiger partial charge in [0.05, 0.1) is 0 Å². The van der Waals surface area contributed by atoms with Crippen LogP contribution in [0.1, 0.15) is 51.1 Å². The van der Waals surface area contributed by atoms with Crippen LogP contribution in [0.15, 0.2) is 6.07 Å². The molecule has 1 saturated carbocycles. The molecule has 0 bridgehead atoms. The maximum Gasteiger partial charge on any atom is 0.224 e. The smallest absolute Gasteiger partial charge is 0.224 e. The number of nitrogens with one attached hydrogen (secondary N) is 2. The highest BCUT2D eigenvalue weighted by molar-refractivity contribution is 5.43. The van der Waals surface area contributed by atoms with Crippen molar-refractivity contribution in [2.75, 3.05) is 17.2 Å². The minimum absolute atomic E-state index is 0.600. The van der Waals surface area contributed by atoms with E-state index in [1.165, 1.54) is 32.1 Å². The lowest BCUT2D eigenvalue weighted by atomic mass is 10.2. The molecule has 0 saturated heterocycles. The highest BCUT2D eigenvalue weighted by atomic mass is 15.1. The van der Waals surface area contributed by atoms with Crippen LogP contribution < -0.4 is 10.6 Å². The Balaban J connectivity index is 1.96. The molecule has 100 valence electrons. The Hall–Kier alpha value is -1.32. The second kappa shape index (κ2) is 6.57. The number of rotatable bonds is 6. The van der Waals surface area contributed by atoms with Gasteiger partial charge in [0, 0.05) is 24.3 Å². The van der Waals surface area contributed by atoms with Crippen molar-refractivity contribution in [1.29, 1.82) is 0 Å². The van der Waals surface area contributed by atoms with Gasteiger partial charge >= 0.3 is 0 Å². The van der Waals surface area contributed by atoms with Crippen molar-refractivity contribution in [3.05, 3.63) is 11.8 Å². The van der Waals surface area contributed by atoms with E-state index >= 15 is 0 Å². The van der Waals surface area contributed by atoms with E-state index in [-0.39, 0.29) is 0 Å². The highest BCUT2D eigenvalue weighted by Gasteiger charge is 2.15. The topological polar surface area (TPSA) is 49.8 Å². The average Bonchev–Trinajstić information content (AvgIpc) is 2.81. The molecule has 0 atom stereocenters. The molecule has 0 radical (unpaired) electrons. The van der Waals surface area contributed by atoms with Crippen molar-refractivity contribution in [2.45, 2.75) is 58.4 Å². The Morgan fingerprint density at radius 2 is 2.06 bits per heavy atom. The van der Waals surface area contributed by atoms with Crippen molar-refractivity contribution >= 4 is 11.8 Å². The zero-order chi connectivity index (χ0) is 12.8. The van der Waals surface area contributed by atoms with E-state index in [0.29, 0.717) is 6.04 Å². The first-order valence-electron chi connectivity index (χ1n) is 7.14. The van der Waals surface area contributed by atoms with Gasteiger partial charge in [0.1, 0.15) is 5.82 Å². The van der Waals surface area contributed by atoms with E-state index < -0.39 is 0 Å².